The highest BCUT2D eigenvalue weighted by molar-refractivity contribution is 8.93. The van der Waals surface area contributed by atoms with Crippen LogP contribution in [0.4, 0.5) is 10.8 Å². The van der Waals surface area contributed by atoms with Crippen LogP contribution in [0.5, 0.6) is 11.5 Å². The molecule has 1 aromatic heterocycles. The van der Waals surface area contributed by atoms with Gasteiger partial charge in [-0.1, -0.05) is 48.0 Å². The Morgan fingerprint density at radius 1 is 0.815 bits per heavy atom. The second-order valence-electron chi connectivity index (χ2n) is 5.97. The number of thiazole rings is 1. The quantitative estimate of drug-likeness (QED) is 0.356. The predicted molar refractivity (Wildman–Crippen MR) is 119 cm³/mol. The summed E-state index contributed by atoms with van der Waals surface area (Å²) in [5.41, 5.74) is 4.35. The molecule has 0 atom stereocenters. The Bertz CT molecular complexity index is 983. The van der Waals surface area contributed by atoms with Crippen molar-refractivity contribution in [3.8, 4) is 22.8 Å². The van der Waals surface area contributed by atoms with E-state index in [4.69, 9.17) is 4.74 Å². The standard InChI is InChI=1S/C22H18N2OS.BrH/c1-16-7-9-17(10-8-16)21-15-26-22(24-21)23-18-11-13-20(14-12-18)25-19-5-3-2-4-6-19;/h2-15H,1H3,(H,23,24);1H. The molecule has 0 aliphatic carbocycles. The van der Waals surface area contributed by atoms with Gasteiger partial charge in [-0.3, -0.25) is 0 Å². The summed E-state index contributed by atoms with van der Waals surface area (Å²) in [7, 11) is 0. The van der Waals surface area contributed by atoms with Crippen LogP contribution in [0.1, 0.15) is 5.56 Å². The van der Waals surface area contributed by atoms with Gasteiger partial charge in [0.15, 0.2) is 5.13 Å². The van der Waals surface area contributed by atoms with Gasteiger partial charge >= 0.3 is 0 Å². The minimum atomic E-state index is 0. The molecule has 3 aromatic carbocycles. The first-order valence-corrected chi connectivity index (χ1v) is 9.27. The summed E-state index contributed by atoms with van der Waals surface area (Å²) < 4.78 is 5.81. The zero-order chi connectivity index (χ0) is 17.8. The van der Waals surface area contributed by atoms with Gasteiger partial charge in [0.25, 0.3) is 0 Å². The third-order valence-electron chi connectivity index (χ3n) is 3.94. The van der Waals surface area contributed by atoms with E-state index in [1.165, 1.54) is 5.56 Å². The Morgan fingerprint density at radius 2 is 1.48 bits per heavy atom. The van der Waals surface area contributed by atoms with E-state index in [-0.39, 0.29) is 17.0 Å². The van der Waals surface area contributed by atoms with Gasteiger partial charge in [-0.25, -0.2) is 4.98 Å². The zero-order valence-electron chi connectivity index (χ0n) is 14.8. The topological polar surface area (TPSA) is 34.1 Å². The summed E-state index contributed by atoms with van der Waals surface area (Å²) in [6, 6.07) is 26.1. The maximum Gasteiger partial charge on any atom is 0.187 e. The van der Waals surface area contributed by atoms with Crippen molar-refractivity contribution in [2.45, 2.75) is 6.92 Å². The summed E-state index contributed by atoms with van der Waals surface area (Å²) in [4.78, 5) is 4.67. The van der Waals surface area contributed by atoms with Crippen LogP contribution in [-0.2, 0) is 0 Å². The number of ether oxygens (including phenoxy) is 1. The highest BCUT2D eigenvalue weighted by Crippen LogP contribution is 2.28. The molecule has 3 nitrogen and oxygen atoms in total. The van der Waals surface area contributed by atoms with Crippen LogP contribution in [0.15, 0.2) is 84.2 Å². The Morgan fingerprint density at radius 3 is 2.19 bits per heavy atom. The molecule has 0 aliphatic rings. The van der Waals surface area contributed by atoms with Gasteiger partial charge in [-0.15, -0.1) is 28.3 Å². The molecule has 136 valence electrons. The number of benzene rings is 3. The third-order valence-corrected chi connectivity index (χ3v) is 4.69. The fourth-order valence-corrected chi connectivity index (χ4v) is 3.28. The van der Waals surface area contributed by atoms with Crippen LogP contribution in [0.2, 0.25) is 0 Å². The van der Waals surface area contributed by atoms with E-state index in [9.17, 15) is 0 Å². The fraction of sp³-hybridized carbons (Fsp3) is 0.0455. The molecular formula is C22H19BrN2OS. The number of anilines is 2. The Kier molecular flexibility index (Phi) is 6.27. The molecule has 0 amide bonds. The molecule has 1 heterocycles. The number of nitrogens with zero attached hydrogens (tertiary/aromatic N) is 1. The number of para-hydroxylation sites is 1. The second kappa shape index (κ2) is 8.84. The number of hydrogen-bond acceptors (Lipinski definition) is 4. The number of hydrogen-bond donors (Lipinski definition) is 1. The Balaban J connectivity index is 0.00000210. The molecule has 0 saturated heterocycles. The molecule has 1 N–H and O–H groups in total. The smallest absolute Gasteiger partial charge is 0.187 e. The largest absolute Gasteiger partial charge is 0.457 e. The summed E-state index contributed by atoms with van der Waals surface area (Å²) in [5.74, 6) is 1.64. The van der Waals surface area contributed by atoms with E-state index in [1.807, 2.05) is 54.6 Å². The first-order chi connectivity index (χ1) is 12.8. The molecule has 0 aliphatic heterocycles. The van der Waals surface area contributed by atoms with Gasteiger partial charge in [-0.05, 0) is 43.3 Å². The number of nitrogens with one attached hydrogen (secondary N) is 1. The fourth-order valence-electron chi connectivity index (χ4n) is 2.54. The lowest BCUT2D eigenvalue weighted by Crippen LogP contribution is -1.90. The lowest BCUT2D eigenvalue weighted by atomic mass is 10.1. The van der Waals surface area contributed by atoms with Crippen molar-refractivity contribution in [2.75, 3.05) is 5.32 Å². The van der Waals surface area contributed by atoms with Crippen LogP contribution < -0.4 is 10.1 Å². The maximum atomic E-state index is 5.81. The average molecular weight is 439 g/mol. The summed E-state index contributed by atoms with van der Waals surface area (Å²) in [6.45, 7) is 2.09. The minimum Gasteiger partial charge on any atom is -0.457 e. The summed E-state index contributed by atoms with van der Waals surface area (Å²) in [5, 5.41) is 6.29. The van der Waals surface area contributed by atoms with Crippen molar-refractivity contribution in [2.24, 2.45) is 0 Å². The molecule has 0 unspecified atom stereocenters. The SMILES string of the molecule is Br.Cc1ccc(-c2csc(Nc3ccc(Oc4ccccc4)cc3)n2)cc1. The zero-order valence-corrected chi connectivity index (χ0v) is 17.3. The van der Waals surface area contributed by atoms with Gasteiger partial charge in [0.05, 0.1) is 5.69 Å². The van der Waals surface area contributed by atoms with Crippen molar-refractivity contribution in [1.29, 1.82) is 0 Å². The summed E-state index contributed by atoms with van der Waals surface area (Å²) >= 11 is 1.60. The average Bonchev–Trinajstić information content (AvgIpc) is 3.13. The van der Waals surface area contributed by atoms with Gasteiger partial charge in [0, 0.05) is 16.6 Å². The number of aromatic nitrogens is 1. The molecule has 0 saturated carbocycles. The van der Waals surface area contributed by atoms with Crippen LogP contribution >= 0.6 is 28.3 Å². The van der Waals surface area contributed by atoms with Crippen molar-refractivity contribution in [3.63, 3.8) is 0 Å². The van der Waals surface area contributed by atoms with Crippen molar-refractivity contribution in [3.05, 3.63) is 89.8 Å². The first-order valence-electron chi connectivity index (χ1n) is 8.39. The van der Waals surface area contributed by atoms with Crippen LogP contribution in [0.25, 0.3) is 11.3 Å². The minimum absolute atomic E-state index is 0. The van der Waals surface area contributed by atoms with Crippen LogP contribution in [0, 0.1) is 6.92 Å². The molecule has 0 radical (unpaired) electrons. The van der Waals surface area contributed by atoms with E-state index in [0.717, 1.165) is 33.6 Å². The van der Waals surface area contributed by atoms with Crippen LogP contribution in [-0.4, -0.2) is 4.98 Å². The number of rotatable bonds is 5. The molecule has 0 spiro atoms. The molecule has 4 rings (SSSR count). The Hall–Kier alpha value is -2.63. The number of aryl methyl sites for hydroxylation is 1. The Labute approximate surface area is 173 Å². The van der Waals surface area contributed by atoms with Crippen molar-refractivity contribution >= 4 is 39.1 Å². The van der Waals surface area contributed by atoms with Crippen molar-refractivity contribution in [1.82, 2.24) is 4.98 Å². The monoisotopic (exact) mass is 438 g/mol. The highest BCUT2D eigenvalue weighted by atomic mass is 79.9. The normalized spacial score (nSPS) is 10.1. The van der Waals surface area contributed by atoms with Gasteiger partial charge in [0.1, 0.15) is 11.5 Å². The maximum absolute atomic E-state index is 5.81. The van der Waals surface area contributed by atoms with Gasteiger partial charge < -0.3 is 10.1 Å². The molecular weight excluding hydrogens is 420 g/mol. The van der Waals surface area contributed by atoms with Gasteiger partial charge in [0.2, 0.25) is 0 Å². The van der Waals surface area contributed by atoms with E-state index in [0.29, 0.717) is 0 Å². The van der Waals surface area contributed by atoms with E-state index in [1.54, 1.807) is 11.3 Å². The second-order valence-corrected chi connectivity index (χ2v) is 6.83. The van der Waals surface area contributed by atoms with E-state index >= 15 is 0 Å². The van der Waals surface area contributed by atoms with E-state index in [2.05, 4.69) is 46.9 Å². The molecule has 4 aromatic rings. The lowest BCUT2D eigenvalue weighted by Gasteiger charge is -2.07. The predicted octanol–water partition coefficient (Wildman–Crippen LogP) is 7.23. The molecule has 0 bridgehead atoms. The summed E-state index contributed by atoms with van der Waals surface area (Å²) in [6.07, 6.45) is 0. The lowest BCUT2D eigenvalue weighted by molar-refractivity contribution is 0.483. The highest BCUT2D eigenvalue weighted by Gasteiger charge is 2.05. The molecule has 5 heteroatoms. The molecule has 0 fully saturated rings. The van der Waals surface area contributed by atoms with Crippen molar-refractivity contribution < 1.29 is 4.74 Å². The molecule has 27 heavy (non-hydrogen) atoms. The first kappa shape index (κ1) is 19.1. The third kappa shape index (κ3) is 4.96. The van der Waals surface area contributed by atoms with E-state index < -0.39 is 0 Å². The van der Waals surface area contributed by atoms with Gasteiger partial charge in [-0.2, -0.15) is 0 Å². The van der Waals surface area contributed by atoms with Crippen LogP contribution in [0.3, 0.4) is 0 Å². The number of halogens is 1.